The maximum atomic E-state index is 12.9. The first-order valence-corrected chi connectivity index (χ1v) is 10.9. The fourth-order valence-corrected chi connectivity index (χ4v) is 4.33. The largest absolute Gasteiger partial charge is 0.368 e. The van der Waals surface area contributed by atoms with E-state index >= 15 is 0 Å². The first kappa shape index (κ1) is 21.2. The molecule has 31 heavy (non-hydrogen) atoms. The highest BCUT2D eigenvalue weighted by atomic mass is 35.5. The van der Waals surface area contributed by atoms with Crippen LogP contribution in [0.25, 0.3) is 11.1 Å². The fourth-order valence-electron chi connectivity index (χ4n) is 4.12. The van der Waals surface area contributed by atoms with Gasteiger partial charge in [0.05, 0.1) is 0 Å². The number of nitrogens with two attached hydrogens (primary N) is 1. The average Bonchev–Trinajstić information content (AvgIpc) is 2.79. The van der Waals surface area contributed by atoms with Gasteiger partial charge in [-0.05, 0) is 43.0 Å². The lowest BCUT2D eigenvalue weighted by Crippen LogP contribution is -2.41. The van der Waals surface area contributed by atoms with Crippen LogP contribution >= 0.6 is 11.6 Å². The molecule has 6 nitrogen and oxygen atoms in total. The van der Waals surface area contributed by atoms with E-state index in [0.29, 0.717) is 17.4 Å². The number of nitrogens with zero attached hydrogens (tertiary/aromatic N) is 4. The number of pyridine rings is 1. The van der Waals surface area contributed by atoms with Crippen molar-refractivity contribution in [3.05, 3.63) is 71.3 Å². The maximum Gasteiger partial charge on any atom is 0.225 e. The molecule has 1 amide bonds. The van der Waals surface area contributed by atoms with Gasteiger partial charge in [-0.25, -0.2) is 9.97 Å². The molecule has 1 atom stereocenters. The molecular formula is C24H26ClN5O. The summed E-state index contributed by atoms with van der Waals surface area (Å²) in [5.41, 5.74) is 9.57. The number of nitrogen functional groups attached to an aromatic ring is 1. The van der Waals surface area contributed by atoms with E-state index in [1.165, 1.54) is 0 Å². The van der Waals surface area contributed by atoms with Crippen LogP contribution in [0, 0.1) is 5.92 Å². The molecule has 0 saturated carbocycles. The summed E-state index contributed by atoms with van der Waals surface area (Å²) in [7, 11) is 0. The molecule has 0 spiro atoms. The number of amides is 1. The summed E-state index contributed by atoms with van der Waals surface area (Å²) in [6.07, 6.45) is 7.81. The SMILES string of the molecule is C[C@@H](Cc1cccc(Cl)c1)C(=O)N1CCC(c2ccc(-c3cnc(N)nc3)cn2)CC1. The second kappa shape index (κ2) is 9.43. The van der Waals surface area contributed by atoms with Crippen molar-refractivity contribution in [1.29, 1.82) is 0 Å². The third-order valence-electron chi connectivity index (χ3n) is 5.87. The van der Waals surface area contributed by atoms with Crippen molar-refractivity contribution < 1.29 is 4.79 Å². The molecule has 3 heterocycles. The van der Waals surface area contributed by atoms with Gasteiger partial charge in [-0.3, -0.25) is 9.78 Å². The molecule has 1 saturated heterocycles. The quantitative estimate of drug-likeness (QED) is 0.643. The summed E-state index contributed by atoms with van der Waals surface area (Å²) in [5, 5.41) is 0.709. The molecule has 1 aliphatic heterocycles. The molecule has 1 aliphatic rings. The van der Waals surface area contributed by atoms with Crippen molar-refractivity contribution in [2.75, 3.05) is 18.8 Å². The van der Waals surface area contributed by atoms with Crippen LogP contribution in [0.4, 0.5) is 5.95 Å². The lowest BCUT2D eigenvalue weighted by atomic mass is 9.91. The van der Waals surface area contributed by atoms with Crippen molar-refractivity contribution in [3.8, 4) is 11.1 Å². The Hall–Kier alpha value is -2.99. The number of benzene rings is 1. The van der Waals surface area contributed by atoms with E-state index in [1.807, 2.05) is 48.4 Å². The van der Waals surface area contributed by atoms with Crippen molar-refractivity contribution in [2.45, 2.75) is 32.1 Å². The number of rotatable bonds is 5. The number of hydrogen-bond donors (Lipinski definition) is 1. The summed E-state index contributed by atoms with van der Waals surface area (Å²) >= 11 is 6.07. The van der Waals surface area contributed by atoms with Crippen LogP contribution in [-0.4, -0.2) is 38.8 Å². The van der Waals surface area contributed by atoms with Gasteiger partial charge in [0.1, 0.15) is 0 Å². The van der Waals surface area contributed by atoms with Crippen molar-refractivity contribution in [1.82, 2.24) is 19.9 Å². The van der Waals surface area contributed by atoms with Gasteiger partial charge in [0, 0.05) is 65.4 Å². The molecule has 7 heteroatoms. The zero-order chi connectivity index (χ0) is 21.8. The number of piperidine rings is 1. The minimum Gasteiger partial charge on any atom is -0.368 e. The Morgan fingerprint density at radius 3 is 2.45 bits per heavy atom. The number of anilines is 1. The summed E-state index contributed by atoms with van der Waals surface area (Å²) in [5.74, 6) is 0.778. The van der Waals surface area contributed by atoms with Gasteiger partial charge in [0.15, 0.2) is 0 Å². The third kappa shape index (κ3) is 5.20. The van der Waals surface area contributed by atoms with E-state index in [4.69, 9.17) is 17.3 Å². The van der Waals surface area contributed by atoms with Gasteiger partial charge in [-0.15, -0.1) is 0 Å². The molecule has 1 aromatic carbocycles. The third-order valence-corrected chi connectivity index (χ3v) is 6.10. The summed E-state index contributed by atoms with van der Waals surface area (Å²) in [6, 6.07) is 11.8. The molecule has 0 bridgehead atoms. The van der Waals surface area contributed by atoms with Crippen LogP contribution in [0.15, 0.2) is 55.0 Å². The van der Waals surface area contributed by atoms with Crippen molar-refractivity contribution in [2.24, 2.45) is 5.92 Å². The lowest BCUT2D eigenvalue weighted by Gasteiger charge is -2.33. The monoisotopic (exact) mass is 435 g/mol. The van der Waals surface area contributed by atoms with Crippen molar-refractivity contribution >= 4 is 23.5 Å². The van der Waals surface area contributed by atoms with Gasteiger partial charge in [0.2, 0.25) is 11.9 Å². The Bertz CT molecular complexity index is 1030. The van der Waals surface area contributed by atoms with Gasteiger partial charge >= 0.3 is 0 Å². The molecule has 0 aliphatic carbocycles. The number of halogens is 1. The minimum atomic E-state index is -0.0606. The van der Waals surface area contributed by atoms with Crippen LogP contribution in [0.3, 0.4) is 0 Å². The molecule has 3 aromatic rings. The predicted octanol–water partition coefficient (Wildman–Crippen LogP) is 4.36. The first-order valence-electron chi connectivity index (χ1n) is 10.6. The van der Waals surface area contributed by atoms with E-state index in [-0.39, 0.29) is 17.8 Å². The number of hydrogen-bond acceptors (Lipinski definition) is 5. The van der Waals surface area contributed by atoms with Crippen LogP contribution < -0.4 is 5.73 Å². The Kier molecular flexibility index (Phi) is 6.47. The normalized spacial score (nSPS) is 15.6. The highest BCUT2D eigenvalue weighted by Gasteiger charge is 2.27. The van der Waals surface area contributed by atoms with E-state index in [1.54, 1.807) is 12.4 Å². The smallest absolute Gasteiger partial charge is 0.225 e. The topological polar surface area (TPSA) is 85.0 Å². The van der Waals surface area contributed by atoms with E-state index in [9.17, 15) is 4.79 Å². The van der Waals surface area contributed by atoms with E-state index in [2.05, 4.69) is 21.0 Å². The zero-order valence-electron chi connectivity index (χ0n) is 17.5. The molecule has 1 fully saturated rings. The van der Waals surface area contributed by atoms with Crippen LogP contribution in [0.5, 0.6) is 0 Å². The lowest BCUT2D eigenvalue weighted by molar-refractivity contribution is -0.136. The van der Waals surface area contributed by atoms with E-state index in [0.717, 1.165) is 48.3 Å². The van der Waals surface area contributed by atoms with Crippen LogP contribution in [0.1, 0.15) is 36.9 Å². The highest BCUT2D eigenvalue weighted by Crippen LogP contribution is 2.29. The van der Waals surface area contributed by atoms with Crippen LogP contribution in [-0.2, 0) is 11.2 Å². The number of carbonyl (C=O) groups is 1. The number of aromatic nitrogens is 3. The average molecular weight is 436 g/mol. The van der Waals surface area contributed by atoms with E-state index < -0.39 is 0 Å². The van der Waals surface area contributed by atoms with Gasteiger partial charge in [-0.2, -0.15) is 0 Å². The Morgan fingerprint density at radius 2 is 1.81 bits per heavy atom. The number of likely N-dealkylation sites (tertiary alicyclic amines) is 1. The Balaban J connectivity index is 1.32. The summed E-state index contributed by atoms with van der Waals surface area (Å²) < 4.78 is 0. The Morgan fingerprint density at radius 1 is 1.10 bits per heavy atom. The van der Waals surface area contributed by atoms with Gasteiger partial charge in [0.25, 0.3) is 0 Å². The fraction of sp³-hybridized carbons (Fsp3) is 0.333. The molecular weight excluding hydrogens is 410 g/mol. The maximum absolute atomic E-state index is 12.9. The second-order valence-corrected chi connectivity index (χ2v) is 8.57. The second-order valence-electron chi connectivity index (χ2n) is 8.14. The van der Waals surface area contributed by atoms with Crippen LogP contribution in [0.2, 0.25) is 5.02 Å². The van der Waals surface area contributed by atoms with Crippen molar-refractivity contribution in [3.63, 3.8) is 0 Å². The number of carbonyl (C=O) groups excluding carboxylic acids is 1. The first-order chi connectivity index (χ1) is 15.0. The molecule has 160 valence electrons. The predicted molar refractivity (Wildman–Crippen MR) is 123 cm³/mol. The molecule has 2 aromatic heterocycles. The molecule has 0 radical (unpaired) electrons. The highest BCUT2D eigenvalue weighted by molar-refractivity contribution is 6.30. The van der Waals surface area contributed by atoms with Gasteiger partial charge < -0.3 is 10.6 Å². The molecule has 0 unspecified atom stereocenters. The zero-order valence-corrected chi connectivity index (χ0v) is 18.3. The minimum absolute atomic E-state index is 0.0606. The summed E-state index contributed by atoms with van der Waals surface area (Å²) in [4.78, 5) is 27.6. The standard InChI is InChI=1S/C24H26ClN5O/c1-16(11-17-3-2-4-21(25)12-17)23(31)30-9-7-18(8-10-30)22-6-5-19(13-27-22)20-14-28-24(26)29-15-20/h2-6,12-16,18H,7-11H2,1H3,(H2,26,28,29)/t16-/m0/s1. The molecule has 4 rings (SSSR count). The van der Waals surface area contributed by atoms with Gasteiger partial charge in [-0.1, -0.05) is 36.7 Å². The molecule has 2 N–H and O–H groups in total. The Labute approximate surface area is 187 Å². The summed E-state index contributed by atoms with van der Waals surface area (Å²) in [6.45, 7) is 3.52.